The van der Waals surface area contributed by atoms with Gasteiger partial charge in [-0.3, -0.25) is 4.18 Å². The van der Waals surface area contributed by atoms with Crippen molar-refractivity contribution in [3.63, 3.8) is 0 Å². The van der Waals surface area contributed by atoms with Crippen LogP contribution in [-0.2, 0) is 53.8 Å². The molecule has 0 aliphatic carbocycles. The van der Waals surface area contributed by atoms with Crippen molar-refractivity contribution in [3.05, 3.63) is 96.6 Å². The van der Waals surface area contributed by atoms with E-state index in [4.69, 9.17) is 37.0 Å². The van der Waals surface area contributed by atoms with Gasteiger partial charge in [0.2, 0.25) is 0 Å². The highest BCUT2D eigenvalue weighted by Gasteiger charge is 2.55. The van der Waals surface area contributed by atoms with E-state index in [-0.39, 0.29) is 20.0 Å². The fourth-order valence-corrected chi connectivity index (χ4v) is 12.3. The number of carbonyl (C=O) groups is 1. The van der Waals surface area contributed by atoms with Crippen LogP contribution in [-0.4, -0.2) is 85.5 Å². The number of rotatable bonds is 21. The zero-order valence-corrected chi connectivity index (χ0v) is 36.8. The standard InChI is InChI=1S/C44H64O11SSi/c1-9-10-11-12-13-23-30-49-41-40(53-42(45)54-43(2,3)4)39(50-33-48-31-34-24-17-14-18-25-34)38(55-56(8,46)47)37(52-41)32-51-57(44(5,6)7,35-26-19-15-20-27-35)36-28-21-16-22-29-36/h14-22,24-29,37-41H,9-13,23,30-33H2,1-8H3/t37-,38-,39+,40-,41-/m1/s1. The fraction of sp³-hybridized carbons (Fsp3) is 0.568. The first kappa shape index (κ1) is 46.5. The molecule has 3 aromatic carbocycles. The third kappa shape index (κ3) is 14.3. The van der Waals surface area contributed by atoms with E-state index in [0.717, 1.165) is 54.3 Å². The van der Waals surface area contributed by atoms with Crippen LogP contribution in [0.1, 0.15) is 92.6 Å². The Morgan fingerprint density at radius 2 is 1.30 bits per heavy atom. The third-order valence-electron chi connectivity index (χ3n) is 9.62. The lowest BCUT2D eigenvalue weighted by atomic mass is 9.99. The van der Waals surface area contributed by atoms with Crippen LogP contribution < -0.4 is 10.4 Å². The van der Waals surface area contributed by atoms with Gasteiger partial charge in [0, 0.05) is 6.61 Å². The maximum atomic E-state index is 13.3. The SMILES string of the molecule is CCCCCCCCO[C@@H]1O[C@H](CO[Si](c2ccccc2)(c2ccccc2)C(C)(C)C)[C@@H](OS(C)(=O)=O)[C@H](OCOCc2ccccc2)[C@H]1OC(=O)OC(C)(C)C. The lowest BCUT2D eigenvalue weighted by Crippen LogP contribution is -2.68. The first-order valence-electron chi connectivity index (χ1n) is 20.1. The molecule has 316 valence electrons. The molecule has 1 saturated heterocycles. The number of unbranched alkanes of at least 4 members (excludes halogenated alkanes) is 5. The molecule has 11 nitrogen and oxygen atoms in total. The number of ether oxygens (including phenoxy) is 6. The normalized spacial score (nSPS) is 20.6. The molecule has 3 aromatic rings. The number of hydrogen-bond acceptors (Lipinski definition) is 11. The van der Waals surface area contributed by atoms with E-state index in [1.54, 1.807) is 20.8 Å². The van der Waals surface area contributed by atoms with E-state index in [2.05, 4.69) is 52.0 Å². The highest BCUT2D eigenvalue weighted by Crippen LogP contribution is 2.38. The summed E-state index contributed by atoms with van der Waals surface area (Å²) in [4.78, 5) is 13.3. The summed E-state index contributed by atoms with van der Waals surface area (Å²) in [5, 5.41) is 1.67. The molecule has 0 radical (unpaired) electrons. The van der Waals surface area contributed by atoms with Crippen LogP contribution in [0.25, 0.3) is 0 Å². The molecule has 0 spiro atoms. The van der Waals surface area contributed by atoms with Gasteiger partial charge >= 0.3 is 6.16 Å². The molecule has 1 fully saturated rings. The van der Waals surface area contributed by atoms with Crippen molar-refractivity contribution in [1.82, 2.24) is 0 Å². The number of benzene rings is 3. The van der Waals surface area contributed by atoms with Gasteiger partial charge in [-0.25, -0.2) is 4.79 Å². The minimum atomic E-state index is -4.14. The van der Waals surface area contributed by atoms with Gasteiger partial charge in [-0.05, 0) is 48.2 Å². The monoisotopic (exact) mass is 828 g/mol. The molecule has 4 rings (SSSR count). The smallest absolute Gasteiger partial charge is 0.429 e. The molecule has 0 aromatic heterocycles. The Morgan fingerprint density at radius 3 is 1.84 bits per heavy atom. The first-order chi connectivity index (χ1) is 27.0. The van der Waals surface area contributed by atoms with Crippen molar-refractivity contribution < 1.29 is 50.2 Å². The van der Waals surface area contributed by atoms with Crippen molar-refractivity contribution in [2.45, 2.75) is 135 Å². The molecule has 13 heteroatoms. The van der Waals surface area contributed by atoms with E-state index < -0.39 is 65.9 Å². The summed E-state index contributed by atoms with van der Waals surface area (Å²) in [7, 11) is -7.29. The van der Waals surface area contributed by atoms with Crippen molar-refractivity contribution in [3.8, 4) is 0 Å². The second-order valence-electron chi connectivity index (χ2n) is 16.6. The van der Waals surface area contributed by atoms with Crippen molar-refractivity contribution in [2.75, 3.05) is 26.3 Å². The third-order valence-corrected chi connectivity index (χ3v) is 15.2. The van der Waals surface area contributed by atoms with Gasteiger partial charge in [-0.1, -0.05) is 151 Å². The summed E-state index contributed by atoms with van der Waals surface area (Å²) in [5.41, 5.74) is 0.0288. The minimum Gasteiger partial charge on any atom is -0.429 e. The summed E-state index contributed by atoms with van der Waals surface area (Å²) in [6.07, 6.45) is -0.0271. The Bertz CT molecular complexity index is 1670. The predicted molar refractivity (Wildman–Crippen MR) is 223 cm³/mol. The zero-order valence-electron chi connectivity index (χ0n) is 35.0. The molecular formula is C44H64O11SSi. The predicted octanol–water partition coefficient (Wildman–Crippen LogP) is 7.89. The Labute approximate surface area is 341 Å². The summed E-state index contributed by atoms with van der Waals surface area (Å²) >= 11 is 0. The van der Waals surface area contributed by atoms with E-state index in [1.807, 2.05) is 66.7 Å². The summed E-state index contributed by atoms with van der Waals surface area (Å²) < 4.78 is 76.1. The molecule has 57 heavy (non-hydrogen) atoms. The topological polar surface area (TPSA) is 125 Å². The van der Waals surface area contributed by atoms with Crippen LogP contribution in [0.5, 0.6) is 0 Å². The molecular weight excluding hydrogens is 765 g/mol. The lowest BCUT2D eigenvalue weighted by molar-refractivity contribution is -0.312. The molecule has 0 bridgehead atoms. The van der Waals surface area contributed by atoms with Crippen LogP contribution in [0, 0.1) is 0 Å². The van der Waals surface area contributed by atoms with Gasteiger partial charge in [0.15, 0.2) is 12.4 Å². The Balaban J connectivity index is 1.75. The van der Waals surface area contributed by atoms with Crippen LogP contribution >= 0.6 is 0 Å². The quantitative estimate of drug-likeness (QED) is 0.0342. The molecule has 0 saturated carbocycles. The molecule has 1 heterocycles. The molecule has 0 amide bonds. The highest BCUT2D eigenvalue weighted by atomic mass is 32.2. The molecule has 5 atom stereocenters. The Kier molecular flexibility index (Phi) is 17.8. The van der Waals surface area contributed by atoms with Crippen LogP contribution in [0.2, 0.25) is 5.04 Å². The average molecular weight is 829 g/mol. The molecule has 0 N–H and O–H groups in total. The van der Waals surface area contributed by atoms with Gasteiger partial charge in [0.1, 0.15) is 30.7 Å². The van der Waals surface area contributed by atoms with Crippen LogP contribution in [0.15, 0.2) is 91.0 Å². The lowest BCUT2D eigenvalue weighted by Gasteiger charge is -2.47. The van der Waals surface area contributed by atoms with E-state index in [1.165, 1.54) is 6.42 Å². The zero-order chi connectivity index (χ0) is 41.5. The van der Waals surface area contributed by atoms with Crippen molar-refractivity contribution in [2.24, 2.45) is 0 Å². The second kappa shape index (κ2) is 21.7. The summed E-state index contributed by atoms with van der Waals surface area (Å²) in [6.45, 7) is 13.9. The summed E-state index contributed by atoms with van der Waals surface area (Å²) in [5.74, 6) is 0. The van der Waals surface area contributed by atoms with E-state index >= 15 is 0 Å². The van der Waals surface area contributed by atoms with Gasteiger partial charge < -0.3 is 32.8 Å². The molecule has 1 aliphatic heterocycles. The largest absolute Gasteiger partial charge is 0.509 e. The van der Waals surface area contributed by atoms with Crippen molar-refractivity contribution in [1.29, 1.82) is 0 Å². The summed E-state index contributed by atoms with van der Waals surface area (Å²) in [6, 6.07) is 29.8. The van der Waals surface area contributed by atoms with Crippen LogP contribution in [0.4, 0.5) is 4.79 Å². The van der Waals surface area contributed by atoms with Gasteiger partial charge in [0.25, 0.3) is 18.4 Å². The maximum Gasteiger partial charge on any atom is 0.509 e. The van der Waals surface area contributed by atoms with Gasteiger partial charge in [-0.15, -0.1) is 0 Å². The molecule has 1 aliphatic rings. The van der Waals surface area contributed by atoms with E-state index in [0.29, 0.717) is 6.61 Å². The number of hydrogen-bond donors (Lipinski definition) is 0. The average Bonchev–Trinajstić information content (AvgIpc) is 3.14. The van der Waals surface area contributed by atoms with Gasteiger partial charge in [-0.2, -0.15) is 8.42 Å². The Morgan fingerprint density at radius 1 is 0.737 bits per heavy atom. The molecule has 0 unspecified atom stereocenters. The minimum absolute atomic E-state index is 0.103. The van der Waals surface area contributed by atoms with Gasteiger partial charge in [0.05, 0.1) is 19.5 Å². The Hall–Kier alpha value is -3.14. The fourth-order valence-electron chi connectivity index (χ4n) is 7.08. The van der Waals surface area contributed by atoms with Crippen LogP contribution in [0.3, 0.4) is 0 Å². The van der Waals surface area contributed by atoms with E-state index in [9.17, 15) is 13.2 Å². The maximum absolute atomic E-state index is 13.3. The first-order valence-corrected chi connectivity index (χ1v) is 23.8. The second-order valence-corrected chi connectivity index (χ2v) is 22.5. The van der Waals surface area contributed by atoms with Crippen molar-refractivity contribution >= 4 is 35.0 Å². The number of carbonyl (C=O) groups excluding carboxylic acids is 1. The highest BCUT2D eigenvalue weighted by molar-refractivity contribution is 7.86.